The van der Waals surface area contributed by atoms with Crippen molar-refractivity contribution in [3.63, 3.8) is 0 Å². The molecule has 6 aromatic rings. The molecule has 12 nitrogen and oxygen atoms in total. The van der Waals surface area contributed by atoms with E-state index >= 15 is 0 Å². The first-order valence-electron chi connectivity index (χ1n) is 15.9. The molecule has 2 N–H and O–H groups in total. The van der Waals surface area contributed by atoms with Crippen LogP contribution < -0.4 is 10.6 Å². The molecule has 0 unspecified atom stereocenters. The molecule has 2 aromatic carbocycles. The van der Waals surface area contributed by atoms with Crippen LogP contribution in [0, 0.1) is 18.8 Å². The van der Waals surface area contributed by atoms with E-state index in [0.717, 1.165) is 32.3 Å². The number of nitrogens with one attached hydrogen (secondary N) is 2. The van der Waals surface area contributed by atoms with Gasteiger partial charge in [-0.1, -0.05) is 128 Å². The van der Waals surface area contributed by atoms with E-state index in [1.54, 1.807) is 6.92 Å². The molecular formula is C35H38N8O4S2. The number of carbonyl (C=O) groups excluding carboxylic acids is 2. The number of hydrogen-bond acceptors (Lipinski definition) is 12. The van der Waals surface area contributed by atoms with Crippen molar-refractivity contribution in [2.75, 3.05) is 10.6 Å². The molecule has 0 aliphatic heterocycles. The number of rotatable bonds is 11. The highest BCUT2D eigenvalue weighted by Gasteiger charge is 2.22. The van der Waals surface area contributed by atoms with Crippen LogP contribution in [0.15, 0.2) is 69.7 Å². The van der Waals surface area contributed by atoms with Gasteiger partial charge in [-0.25, -0.2) is 9.97 Å². The number of aromatic nitrogens is 6. The normalized spacial score (nSPS) is 11.0. The Balaban J connectivity index is 0.000000191. The van der Waals surface area contributed by atoms with Crippen LogP contribution in [0.5, 0.6) is 0 Å². The molecule has 0 saturated carbocycles. The molecule has 0 radical (unpaired) electrons. The fraction of sp³-hybridized carbons (Fsp3) is 0.314. The number of thiazole rings is 2. The highest BCUT2D eigenvalue weighted by atomic mass is 32.1. The number of amides is 2. The van der Waals surface area contributed by atoms with Gasteiger partial charge in [-0.3, -0.25) is 9.59 Å². The summed E-state index contributed by atoms with van der Waals surface area (Å²) in [5.41, 5.74) is 3.35. The zero-order chi connectivity index (χ0) is 34.9. The predicted octanol–water partition coefficient (Wildman–Crippen LogP) is 8.56. The van der Waals surface area contributed by atoms with Crippen LogP contribution in [-0.2, 0) is 16.0 Å². The summed E-state index contributed by atoms with van der Waals surface area (Å²) in [4.78, 5) is 43.5. The van der Waals surface area contributed by atoms with Gasteiger partial charge in [-0.05, 0) is 11.8 Å². The summed E-state index contributed by atoms with van der Waals surface area (Å²) in [6, 6.07) is 19.5. The fourth-order valence-electron chi connectivity index (χ4n) is 4.59. The topological polar surface area (TPSA) is 162 Å². The Morgan fingerprint density at radius 1 is 0.694 bits per heavy atom. The van der Waals surface area contributed by atoms with Gasteiger partial charge in [0.25, 0.3) is 5.89 Å². The number of anilines is 2. The number of benzene rings is 2. The predicted molar refractivity (Wildman–Crippen MR) is 192 cm³/mol. The minimum absolute atomic E-state index is 0.0466. The van der Waals surface area contributed by atoms with Crippen LogP contribution in [0.1, 0.15) is 59.2 Å². The van der Waals surface area contributed by atoms with Gasteiger partial charge in [0, 0.05) is 37.3 Å². The summed E-state index contributed by atoms with van der Waals surface area (Å²) >= 11 is 2.70. The molecule has 49 heavy (non-hydrogen) atoms. The van der Waals surface area contributed by atoms with E-state index in [1.165, 1.54) is 22.7 Å². The summed E-state index contributed by atoms with van der Waals surface area (Å²) in [6.45, 7) is 11.7. The SMILES string of the molecule is CCc1noc(-c2sc(NC(=O)CC(C)C)nc2-c2ccccc2)n1.Cc1nc(-c2sc(NC(=O)CC(C)C)nc2-c2ccccc2)no1. The lowest BCUT2D eigenvalue weighted by atomic mass is 10.1. The second kappa shape index (κ2) is 16.3. The Labute approximate surface area is 292 Å². The summed E-state index contributed by atoms with van der Waals surface area (Å²) in [5, 5.41) is 14.8. The van der Waals surface area contributed by atoms with E-state index in [2.05, 4.69) is 40.9 Å². The maximum Gasteiger partial charge on any atom is 0.270 e. The highest BCUT2D eigenvalue weighted by Crippen LogP contribution is 2.39. The summed E-state index contributed by atoms with van der Waals surface area (Å²) in [5.74, 6) is 2.53. The Kier molecular flexibility index (Phi) is 11.8. The molecule has 0 bridgehead atoms. The standard InChI is InChI=1S/C18H20N4O2S.C17H18N4O2S/c1-4-13-19-17(24-22-13)16-15(12-8-6-5-7-9-12)21-18(25-16)20-14(23)10-11(2)3;1-10(2)9-13(22)19-17-20-14(12-7-5-4-6-8-12)15(24-17)16-18-11(3)23-21-16/h5-9,11H,4,10H2,1-3H3,(H,20,21,23);4-8,10H,9H2,1-3H3,(H,19,20,22). The van der Waals surface area contributed by atoms with Gasteiger partial charge in [0.05, 0.1) is 11.4 Å². The monoisotopic (exact) mass is 698 g/mol. The van der Waals surface area contributed by atoms with Crippen molar-refractivity contribution in [2.45, 2.75) is 60.8 Å². The third-order valence-corrected chi connectivity index (χ3v) is 8.66. The third kappa shape index (κ3) is 9.51. The zero-order valence-electron chi connectivity index (χ0n) is 28.2. The van der Waals surface area contributed by atoms with Crippen molar-refractivity contribution >= 4 is 44.8 Å². The van der Waals surface area contributed by atoms with Gasteiger partial charge >= 0.3 is 0 Å². The molecule has 0 atom stereocenters. The lowest BCUT2D eigenvalue weighted by molar-refractivity contribution is -0.117. The van der Waals surface area contributed by atoms with Crippen LogP contribution in [0.2, 0.25) is 0 Å². The quantitative estimate of drug-likeness (QED) is 0.134. The van der Waals surface area contributed by atoms with Crippen molar-refractivity contribution in [3.05, 3.63) is 72.4 Å². The molecule has 0 spiro atoms. The Morgan fingerprint density at radius 2 is 1.20 bits per heavy atom. The van der Waals surface area contributed by atoms with E-state index in [4.69, 9.17) is 9.05 Å². The Hall–Kier alpha value is -5.08. The van der Waals surface area contributed by atoms with Crippen LogP contribution in [0.25, 0.3) is 44.0 Å². The van der Waals surface area contributed by atoms with E-state index in [0.29, 0.717) is 53.0 Å². The van der Waals surface area contributed by atoms with Gasteiger partial charge in [-0.15, -0.1) is 0 Å². The molecule has 0 aliphatic rings. The molecular weight excluding hydrogens is 661 g/mol. The zero-order valence-corrected chi connectivity index (χ0v) is 29.8. The van der Waals surface area contributed by atoms with Gasteiger partial charge < -0.3 is 19.7 Å². The molecule has 6 rings (SSSR count). The Bertz CT molecular complexity index is 1980. The van der Waals surface area contributed by atoms with Gasteiger partial charge in [0.2, 0.25) is 23.5 Å². The smallest absolute Gasteiger partial charge is 0.270 e. The second-order valence-corrected chi connectivity index (χ2v) is 13.9. The average Bonchev–Trinajstić information content (AvgIpc) is 3.88. The van der Waals surface area contributed by atoms with Crippen LogP contribution in [0.3, 0.4) is 0 Å². The fourth-order valence-corrected chi connectivity index (χ4v) is 6.45. The van der Waals surface area contributed by atoms with E-state index in [9.17, 15) is 9.59 Å². The van der Waals surface area contributed by atoms with Gasteiger partial charge in [-0.2, -0.15) is 9.97 Å². The molecule has 0 saturated heterocycles. The number of hydrogen-bond donors (Lipinski definition) is 2. The van der Waals surface area contributed by atoms with E-state index < -0.39 is 0 Å². The largest absolute Gasteiger partial charge is 0.339 e. The van der Waals surface area contributed by atoms with Crippen molar-refractivity contribution in [2.24, 2.45) is 11.8 Å². The lowest BCUT2D eigenvalue weighted by Gasteiger charge is -2.03. The first kappa shape index (κ1) is 35.2. The molecule has 4 heterocycles. The first-order chi connectivity index (χ1) is 23.6. The van der Waals surface area contributed by atoms with Gasteiger partial charge in [0.15, 0.2) is 16.1 Å². The molecule has 2 amide bonds. The minimum atomic E-state index is -0.0470. The maximum absolute atomic E-state index is 12.1. The molecule has 14 heteroatoms. The van der Waals surface area contributed by atoms with Crippen molar-refractivity contribution in [3.8, 4) is 44.0 Å². The molecule has 4 aromatic heterocycles. The van der Waals surface area contributed by atoms with Crippen molar-refractivity contribution < 1.29 is 18.6 Å². The first-order valence-corrected chi connectivity index (χ1v) is 17.6. The summed E-state index contributed by atoms with van der Waals surface area (Å²) < 4.78 is 10.5. The van der Waals surface area contributed by atoms with E-state index in [1.807, 2.05) is 95.3 Å². The minimum Gasteiger partial charge on any atom is -0.339 e. The van der Waals surface area contributed by atoms with Crippen molar-refractivity contribution in [1.29, 1.82) is 0 Å². The maximum atomic E-state index is 12.1. The number of nitrogens with zero attached hydrogens (tertiary/aromatic N) is 6. The second-order valence-electron chi connectivity index (χ2n) is 11.9. The molecule has 254 valence electrons. The number of carbonyl (C=O) groups is 2. The number of aryl methyl sites for hydroxylation is 2. The van der Waals surface area contributed by atoms with E-state index in [-0.39, 0.29) is 23.7 Å². The lowest BCUT2D eigenvalue weighted by Crippen LogP contribution is -2.13. The van der Waals surface area contributed by atoms with Crippen molar-refractivity contribution in [1.82, 2.24) is 30.2 Å². The highest BCUT2D eigenvalue weighted by molar-refractivity contribution is 7.19. The van der Waals surface area contributed by atoms with Crippen LogP contribution >= 0.6 is 22.7 Å². The van der Waals surface area contributed by atoms with Gasteiger partial charge in [0.1, 0.15) is 9.75 Å². The molecule has 0 aliphatic carbocycles. The van der Waals surface area contributed by atoms with Crippen LogP contribution in [-0.4, -0.2) is 42.1 Å². The summed E-state index contributed by atoms with van der Waals surface area (Å²) in [7, 11) is 0. The average molecular weight is 699 g/mol. The Morgan fingerprint density at radius 3 is 1.65 bits per heavy atom. The summed E-state index contributed by atoms with van der Waals surface area (Å²) in [6.07, 6.45) is 1.61. The van der Waals surface area contributed by atoms with Crippen LogP contribution in [0.4, 0.5) is 10.3 Å². The molecule has 0 fully saturated rings. The third-order valence-electron chi connectivity index (χ3n) is 6.74.